The number of rotatable bonds is 29. The number of nitrogens with one attached hydrogen (secondary N) is 6. The number of carboxylic acids is 1. The molecule has 16 N–H and O–H groups in total. The predicted molar refractivity (Wildman–Crippen MR) is 263 cm³/mol. The van der Waals surface area contributed by atoms with Crippen LogP contribution in [-0.4, -0.2) is 175 Å². The number of nitrogens with two attached hydrogens (primary N) is 3. The van der Waals surface area contributed by atoms with Gasteiger partial charge in [-0.1, -0.05) is 46.2 Å². The van der Waals surface area contributed by atoms with Crippen molar-refractivity contribution in [2.75, 3.05) is 19.7 Å². The molecular formula is C48H75N11O15. The average Bonchev–Trinajstić information content (AvgIpc) is 4.05. The largest absolute Gasteiger partial charge is 0.508 e. The van der Waals surface area contributed by atoms with Crippen molar-refractivity contribution in [2.45, 2.75) is 166 Å². The predicted octanol–water partition coefficient (Wildman–Crippen LogP) is -3.77. The summed E-state index contributed by atoms with van der Waals surface area (Å²) in [5, 5.41) is 54.4. The highest BCUT2D eigenvalue weighted by Gasteiger charge is 2.45. The van der Waals surface area contributed by atoms with E-state index < -0.39 is 151 Å². The SMILES string of the molecule is CC[C@H](C)[C@H](NC(=O)[C@H](CO)NC(=O)[C@@H](NC(=O)[C@H](CCC(N)=O)NC(=O)[C@@H]1CCCN1C(=O)[C@@H]1CCCN1C(=O)[C@H](CCC(N)=O)NC(=O)[C@H](Cc1ccc(O)cc1)NC(=O)[C@@H](N)CC(C)C)[C@@H](C)O)C(=O)O. The van der Waals surface area contributed by atoms with Gasteiger partial charge < -0.3 is 79.3 Å². The van der Waals surface area contributed by atoms with Crippen LogP contribution in [-0.2, 0) is 59.2 Å². The Kier molecular flexibility index (Phi) is 24.1. The molecule has 2 heterocycles. The van der Waals surface area contributed by atoms with Crippen molar-refractivity contribution in [2.24, 2.45) is 29.0 Å². The summed E-state index contributed by atoms with van der Waals surface area (Å²) >= 11 is 0. The van der Waals surface area contributed by atoms with E-state index in [1.165, 1.54) is 21.9 Å². The van der Waals surface area contributed by atoms with Crippen LogP contribution in [0.3, 0.4) is 0 Å². The van der Waals surface area contributed by atoms with Gasteiger partial charge in [-0.15, -0.1) is 0 Å². The molecule has 0 unspecified atom stereocenters. The lowest BCUT2D eigenvalue weighted by molar-refractivity contribution is -0.148. The number of carboxylic acid groups (broad SMARTS) is 1. The highest BCUT2D eigenvalue weighted by molar-refractivity contribution is 5.99. The molecule has 1 aromatic carbocycles. The van der Waals surface area contributed by atoms with Gasteiger partial charge in [-0.3, -0.25) is 47.9 Å². The quantitative estimate of drug-likeness (QED) is 0.0366. The second-order valence-electron chi connectivity index (χ2n) is 19.4. The number of likely N-dealkylation sites (tertiary alicyclic amines) is 2. The van der Waals surface area contributed by atoms with E-state index in [1.54, 1.807) is 26.0 Å². The van der Waals surface area contributed by atoms with Crippen molar-refractivity contribution in [3.63, 3.8) is 0 Å². The van der Waals surface area contributed by atoms with Gasteiger partial charge in [0.2, 0.25) is 59.1 Å². The molecule has 2 fully saturated rings. The molecule has 26 nitrogen and oxygen atoms in total. The molecule has 1 aromatic rings. The Bertz CT molecular complexity index is 2180. The maximum atomic E-state index is 14.4. The number of phenolic OH excluding ortho intramolecular Hbond substituents is 1. The summed E-state index contributed by atoms with van der Waals surface area (Å²) < 4.78 is 0. The lowest BCUT2D eigenvalue weighted by atomic mass is 9.99. The van der Waals surface area contributed by atoms with Gasteiger partial charge in [0.05, 0.1) is 18.8 Å². The summed E-state index contributed by atoms with van der Waals surface area (Å²) in [6.45, 7) is 7.20. The molecular weight excluding hydrogens is 971 g/mol. The van der Waals surface area contributed by atoms with Gasteiger partial charge in [-0.2, -0.15) is 0 Å². The third-order valence-corrected chi connectivity index (χ3v) is 13.0. The zero-order chi connectivity index (χ0) is 55.6. The minimum Gasteiger partial charge on any atom is -0.508 e. The second kappa shape index (κ2) is 29.1. The lowest BCUT2D eigenvalue weighted by Gasteiger charge is -2.33. The van der Waals surface area contributed by atoms with Crippen LogP contribution in [0.4, 0.5) is 0 Å². The number of aromatic hydroxyl groups is 1. The van der Waals surface area contributed by atoms with Gasteiger partial charge in [-0.05, 0) is 81.4 Å². The number of aliphatic hydroxyl groups is 2. The first-order valence-electron chi connectivity index (χ1n) is 24.8. The number of carbonyl (C=O) groups excluding carboxylic acids is 10. The minimum atomic E-state index is -1.83. The maximum absolute atomic E-state index is 14.4. The summed E-state index contributed by atoms with van der Waals surface area (Å²) in [7, 11) is 0. The topological polar surface area (TPSA) is 425 Å². The summed E-state index contributed by atoms with van der Waals surface area (Å²) in [6.07, 6.45) is -1.71. The normalized spacial score (nSPS) is 19.0. The van der Waals surface area contributed by atoms with E-state index in [2.05, 4.69) is 31.9 Å². The van der Waals surface area contributed by atoms with Crippen LogP contribution in [0, 0.1) is 11.8 Å². The Morgan fingerprint density at radius 2 is 1.18 bits per heavy atom. The van der Waals surface area contributed by atoms with Crippen LogP contribution >= 0.6 is 0 Å². The number of benzene rings is 1. The summed E-state index contributed by atoms with van der Waals surface area (Å²) in [4.78, 5) is 149. The second-order valence-corrected chi connectivity index (χ2v) is 19.4. The minimum absolute atomic E-state index is 0.0403. The van der Waals surface area contributed by atoms with Crippen molar-refractivity contribution in [3.8, 4) is 5.75 Å². The molecule has 0 aromatic heterocycles. The number of aliphatic carboxylic acids is 1. The monoisotopic (exact) mass is 1050 g/mol. The van der Waals surface area contributed by atoms with Crippen molar-refractivity contribution in [3.05, 3.63) is 29.8 Å². The molecule has 0 bridgehead atoms. The smallest absolute Gasteiger partial charge is 0.326 e. The molecule has 26 heteroatoms. The molecule has 0 saturated carbocycles. The summed E-state index contributed by atoms with van der Waals surface area (Å²) in [6, 6.07) is -6.71. The Morgan fingerprint density at radius 3 is 1.72 bits per heavy atom. The Balaban J connectivity index is 1.83. The molecule has 3 rings (SSSR count). The van der Waals surface area contributed by atoms with Crippen LogP contribution in [0.15, 0.2) is 24.3 Å². The first-order chi connectivity index (χ1) is 34.8. The number of primary amides is 2. The van der Waals surface area contributed by atoms with Crippen molar-refractivity contribution >= 4 is 65.0 Å². The van der Waals surface area contributed by atoms with Gasteiger partial charge >= 0.3 is 5.97 Å². The number of hydrogen-bond donors (Lipinski definition) is 13. The van der Waals surface area contributed by atoms with Crippen LogP contribution in [0.5, 0.6) is 5.75 Å². The van der Waals surface area contributed by atoms with Crippen LogP contribution < -0.4 is 49.1 Å². The first kappa shape index (κ1) is 61.4. The molecule has 2 aliphatic rings. The Labute approximate surface area is 429 Å². The third-order valence-electron chi connectivity index (χ3n) is 13.0. The summed E-state index contributed by atoms with van der Waals surface area (Å²) in [5.41, 5.74) is 17.5. The fraction of sp³-hybridized carbons (Fsp3) is 0.646. The van der Waals surface area contributed by atoms with Crippen LogP contribution in [0.1, 0.15) is 104 Å². The van der Waals surface area contributed by atoms with Gasteiger partial charge in [0.15, 0.2) is 0 Å². The van der Waals surface area contributed by atoms with Crippen molar-refractivity contribution in [1.82, 2.24) is 41.7 Å². The zero-order valence-corrected chi connectivity index (χ0v) is 42.5. The molecule has 412 valence electrons. The molecule has 0 radical (unpaired) electrons. The summed E-state index contributed by atoms with van der Waals surface area (Å²) in [5.74, 6) is -10.6. The van der Waals surface area contributed by atoms with Crippen molar-refractivity contribution in [1.29, 1.82) is 0 Å². The number of amides is 10. The van der Waals surface area contributed by atoms with E-state index in [0.717, 1.165) is 6.92 Å². The fourth-order valence-corrected chi connectivity index (χ4v) is 8.64. The number of phenols is 1. The van der Waals surface area contributed by atoms with Crippen LogP contribution in [0.2, 0.25) is 0 Å². The van der Waals surface area contributed by atoms with Crippen molar-refractivity contribution < 1.29 is 73.2 Å². The molecule has 11 atom stereocenters. The highest BCUT2D eigenvalue weighted by Crippen LogP contribution is 2.27. The molecule has 0 spiro atoms. The standard InChI is InChI=1S/C48H75N11O15/c1-6-25(4)38(48(73)74)56-43(68)33(23-60)55-45(70)39(26(5)61)57-41(66)30(15-17-36(50)63)52-44(69)34-9-7-19-58(34)47(72)35-10-8-20-59(35)46(71)31(16-18-37(51)64)53-42(67)32(22-27-11-13-28(62)14-12-27)54-40(65)29(49)21-24(2)3/h11-14,24-26,29-35,38-39,60-62H,6-10,15-23,49H2,1-5H3,(H2,50,63)(H2,51,64)(H,52,69)(H,53,67)(H,54,65)(H,55,70)(H,56,68)(H,57,66)(H,73,74)/t25-,26+,29-,30-,31-,32-,33-,34-,35-,38-,39-/m0/s1. The number of hydrogen-bond acceptors (Lipinski definition) is 15. The number of carbonyl (C=O) groups is 11. The lowest BCUT2D eigenvalue weighted by Crippen LogP contribution is -2.62. The molecule has 10 amide bonds. The van der Waals surface area contributed by atoms with E-state index in [9.17, 15) is 73.2 Å². The zero-order valence-electron chi connectivity index (χ0n) is 42.5. The Hall–Kier alpha value is -6.93. The maximum Gasteiger partial charge on any atom is 0.326 e. The Morgan fingerprint density at radius 1 is 0.662 bits per heavy atom. The highest BCUT2D eigenvalue weighted by atomic mass is 16.4. The van der Waals surface area contributed by atoms with Gasteiger partial charge in [0.25, 0.3) is 0 Å². The number of aliphatic hydroxyl groups excluding tert-OH is 2. The third kappa shape index (κ3) is 18.2. The van der Waals surface area contributed by atoms with Gasteiger partial charge in [0.1, 0.15) is 54.1 Å². The van der Waals surface area contributed by atoms with Crippen LogP contribution in [0.25, 0.3) is 0 Å². The fourth-order valence-electron chi connectivity index (χ4n) is 8.64. The van der Waals surface area contributed by atoms with E-state index in [-0.39, 0.29) is 56.9 Å². The van der Waals surface area contributed by atoms with E-state index in [4.69, 9.17) is 17.2 Å². The number of nitrogens with zero attached hydrogens (tertiary/aromatic N) is 2. The first-order valence-corrected chi connectivity index (χ1v) is 24.8. The molecule has 2 saturated heterocycles. The molecule has 74 heavy (non-hydrogen) atoms. The molecule has 0 aliphatic carbocycles. The van der Waals surface area contributed by atoms with Gasteiger partial charge in [-0.25, -0.2) is 4.79 Å². The average molecular weight is 1050 g/mol. The van der Waals surface area contributed by atoms with E-state index in [1.807, 2.05) is 13.8 Å². The van der Waals surface area contributed by atoms with E-state index in [0.29, 0.717) is 31.2 Å². The van der Waals surface area contributed by atoms with E-state index >= 15 is 0 Å². The van der Waals surface area contributed by atoms with Gasteiger partial charge in [0, 0.05) is 32.4 Å². The molecule has 2 aliphatic heterocycles.